The average Bonchev–Trinajstić information content (AvgIpc) is 2.64. The monoisotopic (exact) mass is 714 g/mol. The predicted octanol–water partition coefficient (Wildman–Crippen LogP) is 5.68. The van der Waals surface area contributed by atoms with Crippen LogP contribution in [0.25, 0.3) is 0 Å². The fourth-order valence-electron chi connectivity index (χ4n) is 1.66. The summed E-state index contributed by atoms with van der Waals surface area (Å²) >= 11 is 0. The molecule has 0 saturated heterocycles. The molecule has 0 bridgehead atoms. The van der Waals surface area contributed by atoms with E-state index in [0.717, 1.165) is 0 Å². The molecule has 0 aromatic rings. The summed E-state index contributed by atoms with van der Waals surface area (Å²) in [6, 6.07) is 0. The molecule has 0 amide bonds. The van der Waals surface area contributed by atoms with E-state index >= 15 is 0 Å². The Bertz CT molecular complexity index is 801. The van der Waals surface area contributed by atoms with Gasteiger partial charge in [-0.2, -0.15) is 0 Å². The summed E-state index contributed by atoms with van der Waals surface area (Å²) in [5.41, 5.74) is -2.74. The third-order valence-electron chi connectivity index (χ3n) is 5.22. The van der Waals surface area contributed by atoms with Crippen molar-refractivity contribution in [1.29, 1.82) is 0 Å². The van der Waals surface area contributed by atoms with Gasteiger partial charge in [-0.1, -0.05) is 125 Å². The Morgan fingerprint density at radius 1 is 0.350 bits per heavy atom. The van der Waals surface area contributed by atoms with E-state index in [1.54, 1.807) is 0 Å². The van der Waals surface area contributed by atoms with Crippen molar-refractivity contribution < 1.29 is 67.4 Å². The Labute approximate surface area is 275 Å². The van der Waals surface area contributed by atoms with Crippen LogP contribution in [0.1, 0.15) is 125 Å². The average molecular weight is 715 g/mol. The Kier molecular flexibility index (Phi) is 18.9. The molecule has 0 aromatic heterocycles. The van der Waals surface area contributed by atoms with Gasteiger partial charge in [-0.3, -0.25) is 14.4 Å². The summed E-state index contributed by atoms with van der Waals surface area (Å²) in [7, 11) is 0. The van der Waals surface area contributed by atoms with Crippen molar-refractivity contribution >= 4 is 17.3 Å². The summed E-state index contributed by atoms with van der Waals surface area (Å²) in [6.45, 7) is 32.5. The first-order valence-corrected chi connectivity index (χ1v) is 13.5. The summed E-state index contributed by atoms with van der Waals surface area (Å²) in [4.78, 5) is 34.3. The maximum absolute atomic E-state index is 11.4. The molecule has 236 valence electrons. The van der Waals surface area contributed by atoms with Gasteiger partial charge in [0.1, 0.15) is 0 Å². The normalized spacial score (nSPS) is 14.1. The molecule has 0 N–H and O–H groups in total. The molecular weight excluding hydrogens is 657 g/mol. The van der Waals surface area contributed by atoms with Gasteiger partial charge in [0.2, 0.25) is 0 Å². The molecule has 0 unspecified atom stereocenters. The first-order valence-electron chi connectivity index (χ1n) is 13.5. The zero-order valence-electron chi connectivity index (χ0n) is 28.5. The zero-order valence-corrected chi connectivity index (χ0v) is 30.4. The van der Waals surface area contributed by atoms with Crippen molar-refractivity contribution in [3.8, 4) is 0 Å². The Morgan fingerprint density at radius 3 is 0.550 bits per heavy atom. The van der Waals surface area contributed by atoms with E-state index in [4.69, 9.17) is 0 Å². The van der Waals surface area contributed by atoms with Crippen LogP contribution in [-0.2, 0) is 14.4 Å². The smallest absolute Gasteiger partial charge is 0.875 e. The molecule has 0 heterocycles. The molecular formula is C33H57HoO6. The third-order valence-corrected chi connectivity index (χ3v) is 5.22. The van der Waals surface area contributed by atoms with E-state index in [-0.39, 0.29) is 72.4 Å². The van der Waals surface area contributed by atoms with Crippen LogP contribution in [0.4, 0.5) is 0 Å². The molecule has 0 aliphatic carbocycles. The summed E-state index contributed by atoms with van der Waals surface area (Å²) < 4.78 is 0. The topological polar surface area (TPSA) is 120 Å². The number of carbonyl (C=O) groups excluding carboxylic acids is 3. The van der Waals surface area contributed by atoms with Crippen LogP contribution in [-0.4, -0.2) is 17.3 Å². The van der Waals surface area contributed by atoms with Crippen LogP contribution in [0.3, 0.4) is 0 Å². The summed E-state index contributed by atoms with van der Waals surface area (Å²) in [5.74, 6) is -0.625. The van der Waals surface area contributed by atoms with Gasteiger partial charge in [0.15, 0.2) is 17.3 Å². The molecule has 0 aliphatic heterocycles. The van der Waals surface area contributed by atoms with Gasteiger partial charge in [0.05, 0.1) is 0 Å². The molecule has 40 heavy (non-hydrogen) atoms. The number of rotatable bonds is 3. The minimum absolute atomic E-state index is 0. The molecule has 0 radical (unpaired) electrons. The quantitative estimate of drug-likeness (QED) is 0.211. The fraction of sp³-hybridized carbons (Fsp3) is 0.727. The Hall–Kier alpha value is -1.11. The van der Waals surface area contributed by atoms with Crippen LogP contribution in [0.15, 0.2) is 35.5 Å². The van der Waals surface area contributed by atoms with Crippen LogP contribution in [0.2, 0.25) is 0 Å². The maximum Gasteiger partial charge on any atom is 3.00 e. The second-order valence-corrected chi connectivity index (χ2v) is 16.1. The van der Waals surface area contributed by atoms with Crippen molar-refractivity contribution in [2.75, 3.05) is 0 Å². The van der Waals surface area contributed by atoms with E-state index in [0.29, 0.717) is 0 Å². The molecule has 7 heteroatoms. The van der Waals surface area contributed by atoms with E-state index < -0.39 is 32.5 Å². The fourth-order valence-corrected chi connectivity index (χ4v) is 1.66. The predicted molar refractivity (Wildman–Crippen MR) is 156 cm³/mol. The standard InChI is InChI=1S/3C11H20O2.Ho/c3*1-10(2,3)8(12)7-9(13)11(4,5)6;/h3*7,12H,1-6H3;/q;;;+3/p-3/b3*8-7-;. The Balaban J connectivity index is -0.000000240. The van der Waals surface area contributed by atoms with Crippen molar-refractivity contribution in [2.45, 2.75) is 125 Å². The van der Waals surface area contributed by atoms with Gasteiger partial charge in [0.25, 0.3) is 0 Å². The van der Waals surface area contributed by atoms with E-state index in [2.05, 4.69) is 0 Å². The van der Waals surface area contributed by atoms with Gasteiger partial charge in [-0.25, -0.2) is 0 Å². The Morgan fingerprint density at radius 2 is 0.475 bits per heavy atom. The first-order chi connectivity index (χ1) is 16.6. The van der Waals surface area contributed by atoms with Crippen LogP contribution in [0, 0.1) is 70.2 Å². The molecule has 0 spiro atoms. The molecule has 0 atom stereocenters. The van der Waals surface area contributed by atoms with Gasteiger partial charge in [-0.15, -0.1) is 17.3 Å². The van der Waals surface area contributed by atoms with E-state index in [9.17, 15) is 29.7 Å². The molecule has 0 aliphatic rings. The van der Waals surface area contributed by atoms with Gasteiger partial charge in [-0.05, 0) is 34.5 Å². The van der Waals surface area contributed by atoms with Gasteiger partial charge < -0.3 is 15.3 Å². The third kappa shape index (κ3) is 21.6. The number of ketones is 3. The van der Waals surface area contributed by atoms with E-state index in [1.165, 1.54) is 18.2 Å². The molecule has 0 rings (SSSR count). The maximum atomic E-state index is 11.4. The molecule has 0 saturated carbocycles. The minimum Gasteiger partial charge on any atom is -0.875 e. The summed E-state index contributed by atoms with van der Waals surface area (Å²) in [6.07, 6.45) is 3.67. The van der Waals surface area contributed by atoms with Crippen LogP contribution in [0.5, 0.6) is 0 Å². The second kappa shape index (κ2) is 16.5. The first kappa shape index (κ1) is 45.9. The van der Waals surface area contributed by atoms with Crippen LogP contribution >= 0.6 is 0 Å². The number of hydrogen-bond donors (Lipinski definition) is 0. The van der Waals surface area contributed by atoms with Crippen molar-refractivity contribution in [3.63, 3.8) is 0 Å². The van der Waals surface area contributed by atoms with Gasteiger partial charge >= 0.3 is 37.7 Å². The SMILES string of the molecule is CC(C)(C)C(=O)/C=C(\[O-])C(C)(C)C.CC(C)(C)C(=O)/C=C(\[O-])C(C)(C)C.CC(C)(C)C(=O)/C=C(\[O-])C(C)(C)C.[Ho+3]. The van der Waals surface area contributed by atoms with Gasteiger partial charge in [0, 0.05) is 16.2 Å². The minimum atomic E-state index is -0.457. The van der Waals surface area contributed by atoms with E-state index in [1.807, 2.05) is 125 Å². The number of allylic oxidation sites excluding steroid dienone is 6. The second-order valence-electron chi connectivity index (χ2n) is 16.1. The van der Waals surface area contributed by atoms with Crippen molar-refractivity contribution in [3.05, 3.63) is 35.5 Å². The largest absolute Gasteiger partial charge is 3.00 e. The molecule has 6 nitrogen and oxygen atoms in total. The van der Waals surface area contributed by atoms with Crippen LogP contribution < -0.4 is 15.3 Å². The molecule has 0 fully saturated rings. The number of hydrogen-bond acceptors (Lipinski definition) is 6. The van der Waals surface area contributed by atoms with Crippen molar-refractivity contribution in [2.24, 2.45) is 32.5 Å². The number of carbonyl (C=O) groups is 3. The molecule has 0 aromatic carbocycles. The summed E-state index contributed by atoms with van der Waals surface area (Å²) in [5, 5.41) is 34.3. The zero-order chi connectivity index (χ0) is 32.6. The van der Waals surface area contributed by atoms with Crippen molar-refractivity contribution in [1.82, 2.24) is 0 Å².